The molecule has 180 valence electrons. The molecule has 11 heteroatoms. The summed E-state index contributed by atoms with van der Waals surface area (Å²) in [4.78, 5) is 16.5. The Labute approximate surface area is 198 Å². The lowest BCUT2D eigenvalue weighted by atomic mass is 10.1. The average Bonchev–Trinajstić information content (AvgIpc) is 3.49. The highest BCUT2D eigenvalue weighted by molar-refractivity contribution is 7.92. The number of carbonyl (C=O) groups is 1. The molecule has 0 spiro atoms. The van der Waals surface area contributed by atoms with E-state index in [0.717, 1.165) is 12.8 Å². The lowest BCUT2D eigenvalue weighted by Gasteiger charge is -2.17. The molecule has 4 rings (SSSR count). The number of aromatic amines is 1. The quantitative estimate of drug-likeness (QED) is 0.343. The van der Waals surface area contributed by atoms with Crippen LogP contribution in [0.5, 0.6) is 5.75 Å². The van der Waals surface area contributed by atoms with Gasteiger partial charge in [0, 0.05) is 11.8 Å². The summed E-state index contributed by atoms with van der Waals surface area (Å²) in [6, 6.07) is 10.3. The van der Waals surface area contributed by atoms with E-state index in [9.17, 15) is 13.2 Å². The molecular weight excluding hydrogens is 456 g/mol. The minimum absolute atomic E-state index is 0.0638. The number of rotatable bonds is 10. The second kappa shape index (κ2) is 10.1. The molecule has 1 aliphatic carbocycles. The molecule has 1 aliphatic rings. The number of aromatic nitrogens is 3. The molecule has 0 unspecified atom stereocenters. The fourth-order valence-corrected chi connectivity index (χ4v) is 4.59. The molecule has 1 saturated carbocycles. The number of nitrogens with one attached hydrogen (secondary N) is 3. The Hall–Kier alpha value is -3.60. The first-order valence-electron chi connectivity index (χ1n) is 11.2. The fraction of sp³-hybridized carbons (Fsp3) is 0.348. The third kappa shape index (κ3) is 5.48. The normalized spacial score (nSPS) is 14.1. The van der Waals surface area contributed by atoms with Crippen LogP contribution in [0.4, 0.5) is 17.3 Å². The van der Waals surface area contributed by atoms with Crippen LogP contribution in [0, 0.1) is 5.92 Å². The molecule has 10 nitrogen and oxygen atoms in total. The number of primary amides is 1. The summed E-state index contributed by atoms with van der Waals surface area (Å²) >= 11 is 0. The van der Waals surface area contributed by atoms with E-state index in [4.69, 9.17) is 10.5 Å². The Bertz CT molecular complexity index is 1250. The van der Waals surface area contributed by atoms with Gasteiger partial charge in [-0.25, -0.2) is 13.4 Å². The molecule has 2 heterocycles. The smallest absolute Gasteiger partial charge is 0.254 e. The maximum absolute atomic E-state index is 12.3. The van der Waals surface area contributed by atoms with E-state index in [1.54, 1.807) is 49.5 Å². The van der Waals surface area contributed by atoms with Gasteiger partial charge in [-0.05, 0) is 49.9 Å². The molecule has 0 saturated heterocycles. The molecule has 5 N–H and O–H groups in total. The van der Waals surface area contributed by atoms with Crippen LogP contribution in [0.25, 0.3) is 11.3 Å². The first-order valence-corrected chi connectivity index (χ1v) is 12.9. The van der Waals surface area contributed by atoms with Crippen LogP contribution in [0.1, 0.15) is 43.0 Å². The second-order valence-electron chi connectivity index (χ2n) is 8.20. The van der Waals surface area contributed by atoms with Gasteiger partial charge in [0.1, 0.15) is 17.1 Å². The summed E-state index contributed by atoms with van der Waals surface area (Å²) in [6.07, 6.45) is 6.14. The number of hydrogen-bond donors (Lipinski definition) is 4. The number of sulfonamides is 1. The van der Waals surface area contributed by atoms with Crippen molar-refractivity contribution in [2.24, 2.45) is 11.7 Å². The number of benzene rings is 1. The molecular formula is C23H28N6O4S. The predicted molar refractivity (Wildman–Crippen MR) is 131 cm³/mol. The monoisotopic (exact) mass is 484 g/mol. The van der Waals surface area contributed by atoms with Crippen molar-refractivity contribution in [1.29, 1.82) is 0 Å². The van der Waals surface area contributed by atoms with Crippen molar-refractivity contribution in [2.75, 3.05) is 22.4 Å². The van der Waals surface area contributed by atoms with Gasteiger partial charge >= 0.3 is 0 Å². The number of amides is 1. The number of carbonyl (C=O) groups excluding carboxylic acids is 1. The standard InChI is InChI=1S/C23H28N6O4S/c1-2-34(31,32)29-17-11-10-16(13-18(17)33-14-15-7-3-4-8-15)21-20(22(24)30)23(28-27-21)26-19-9-5-6-12-25-19/h5-6,9-13,15,29H,2-4,7-8,14H2,1H3,(H2,24,30)(H2,25,26,27,28). The fourth-order valence-electron chi connectivity index (χ4n) is 3.95. The number of nitrogens with two attached hydrogens (primary N) is 1. The number of ether oxygens (including phenoxy) is 1. The molecule has 34 heavy (non-hydrogen) atoms. The van der Waals surface area contributed by atoms with Crippen LogP contribution in [0.2, 0.25) is 0 Å². The minimum Gasteiger partial charge on any atom is -0.491 e. The lowest BCUT2D eigenvalue weighted by Crippen LogP contribution is -2.16. The number of anilines is 3. The van der Waals surface area contributed by atoms with E-state index in [2.05, 4.69) is 25.2 Å². The van der Waals surface area contributed by atoms with E-state index >= 15 is 0 Å². The summed E-state index contributed by atoms with van der Waals surface area (Å²) < 4.78 is 33.0. The van der Waals surface area contributed by atoms with Gasteiger partial charge in [0.05, 0.1) is 23.7 Å². The van der Waals surface area contributed by atoms with Crippen LogP contribution in [0.15, 0.2) is 42.6 Å². The van der Waals surface area contributed by atoms with Gasteiger partial charge in [0.2, 0.25) is 10.0 Å². The Morgan fingerprint density at radius 1 is 1.24 bits per heavy atom. The van der Waals surface area contributed by atoms with E-state index < -0.39 is 15.9 Å². The number of H-pyrrole nitrogens is 1. The van der Waals surface area contributed by atoms with Gasteiger partial charge in [0.15, 0.2) is 5.82 Å². The van der Waals surface area contributed by atoms with E-state index in [1.165, 1.54) is 12.8 Å². The first kappa shape index (κ1) is 23.6. The maximum atomic E-state index is 12.3. The van der Waals surface area contributed by atoms with E-state index in [1.807, 2.05) is 0 Å². The number of hydrogen-bond acceptors (Lipinski definition) is 7. The second-order valence-corrected chi connectivity index (χ2v) is 10.2. The van der Waals surface area contributed by atoms with Gasteiger partial charge in [-0.2, -0.15) is 5.10 Å². The van der Waals surface area contributed by atoms with E-state index in [-0.39, 0.29) is 17.1 Å². The Balaban J connectivity index is 1.69. The zero-order chi connectivity index (χ0) is 24.1. The average molecular weight is 485 g/mol. The van der Waals surface area contributed by atoms with Crippen LogP contribution < -0.4 is 20.5 Å². The van der Waals surface area contributed by atoms with Crippen molar-refractivity contribution < 1.29 is 17.9 Å². The van der Waals surface area contributed by atoms with Gasteiger partial charge in [-0.3, -0.25) is 14.6 Å². The van der Waals surface area contributed by atoms with E-state index in [0.29, 0.717) is 41.0 Å². The maximum Gasteiger partial charge on any atom is 0.254 e. The summed E-state index contributed by atoms with van der Waals surface area (Å²) in [5.74, 6) is 0.823. The largest absolute Gasteiger partial charge is 0.491 e. The van der Waals surface area contributed by atoms with Crippen LogP contribution in [-0.4, -0.2) is 41.9 Å². The zero-order valence-electron chi connectivity index (χ0n) is 18.9. The Kier molecular flexibility index (Phi) is 7.01. The molecule has 0 aliphatic heterocycles. The molecule has 3 aromatic rings. The van der Waals surface area contributed by atoms with Crippen molar-refractivity contribution >= 4 is 33.3 Å². The topological polar surface area (TPSA) is 152 Å². The van der Waals surface area contributed by atoms with Gasteiger partial charge in [-0.1, -0.05) is 25.0 Å². The molecule has 1 amide bonds. The summed E-state index contributed by atoms with van der Waals surface area (Å²) in [5.41, 5.74) is 7.15. The number of pyridine rings is 1. The summed E-state index contributed by atoms with van der Waals surface area (Å²) in [6.45, 7) is 2.05. The molecule has 0 radical (unpaired) electrons. The molecule has 1 fully saturated rings. The van der Waals surface area contributed by atoms with Crippen LogP contribution in [0.3, 0.4) is 0 Å². The van der Waals surface area contributed by atoms with Crippen molar-refractivity contribution in [3.05, 3.63) is 48.2 Å². The molecule has 2 aromatic heterocycles. The lowest BCUT2D eigenvalue weighted by molar-refractivity contribution is 0.100. The van der Waals surface area contributed by atoms with Crippen LogP contribution in [-0.2, 0) is 10.0 Å². The highest BCUT2D eigenvalue weighted by Gasteiger charge is 2.23. The minimum atomic E-state index is -3.50. The third-order valence-electron chi connectivity index (χ3n) is 5.79. The van der Waals surface area contributed by atoms with Crippen molar-refractivity contribution in [3.63, 3.8) is 0 Å². The van der Waals surface area contributed by atoms with Gasteiger partial charge < -0.3 is 15.8 Å². The van der Waals surface area contributed by atoms with Crippen LogP contribution >= 0.6 is 0 Å². The zero-order valence-corrected chi connectivity index (χ0v) is 19.7. The molecule has 0 atom stereocenters. The molecule has 1 aromatic carbocycles. The summed E-state index contributed by atoms with van der Waals surface area (Å²) in [7, 11) is -3.50. The predicted octanol–water partition coefficient (Wildman–Crippen LogP) is 3.64. The SMILES string of the molecule is CCS(=O)(=O)Nc1ccc(-c2[nH]nc(Nc3ccccn3)c2C(N)=O)cc1OCC1CCCC1. The highest BCUT2D eigenvalue weighted by atomic mass is 32.2. The van der Waals surface area contributed by atoms with Crippen molar-refractivity contribution in [1.82, 2.24) is 15.2 Å². The first-order chi connectivity index (χ1) is 16.4. The van der Waals surface area contributed by atoms with Crippen molar-refractivity contribution in [3.8, 4) is 17.0 Å². The highest BCUT2D eigenvalue weighted by Crippen LogP contribution is 2.35. The Morgan fingerprint density at radius 2 is 2.03 bits per heavy atom. The van der Waals surface area contributed by atoms with Crippen molar-refractivity contribution in [2.45, 2.75) is 32.6 Å². The Morgan fingerprint density at radius 3 is 2.71 bits per heavy atom. The molecule has 0 bridgehead atoms. The summed E-state index contributed by atoms with van der Waals surface area (Å²) in [5, 5.41) is 10.1. The van der Waals surface area contributed by atoms with Gasteiger partial charge in [0.25, 0.3) is 5.91 Å². The number of nitrogens with zero attached hydrogens (tertiary/aromatic N) is 2. The van der Waals surface area contributed by atoms with Gasteiger partial charge in [-0.15, -0.1) is 0 Å². The third-order valence-corrected chi connectivity index (χ3v) is 7.08.